The molecule has 1 aliphatic heterocycles. The van der Waals surface area contributed by atoms with E-state index in [1.807, 2.05) is 26.4 Å². The fourth-order valence-corrected chi connectivity index (χ4v) is 2.36. The summed E-state index contributed by atoms with van der Waals surface area (Å²) in [6.07, 6.45) is 5.56. The molecule has 2 aromatic rings. The van der Waals surface area contributed by atoms with E-state index in [9.17, 15) is 0 Å². The van der Waals surface area contributed by atoms with Crippen LogP contribution in [0, 0.1) is 0 Å². The standard InChI is InChI=1S/C13H19N7/c1-14-12-15-11(10-6-9-19(2)18-10)16-13(17-12)20-7-4-3-5-8-20/h6,9H,3-5,7-8H2,1-2H3,(H,14,15,16,17). The molecule has 1 fully saturated rings. The number of anilines is 2. The molecule has 0 atom stereocenters. The molecule has 1 N–H and O–H groups in total. The van der Waals surface area contributed by atoms with Gasteiger partial charge >= 0.3 is 0 Å². The molecule has 1 aliphatic rings. The van der Waals surface area contributed by atoms with Gasteiger partial charge < -0.3 is 10.2 Å². The van der Waals surface area contributed by atoms with Crippen molar-refractivity contribution in [3.8, 4) is 11.5 Å². The van der Waals surface area contributed by atoms with Crippen LogP contribution in [0.2, 0.25) is 0 Å². The molecular formula is C13H19N7. The summed E-state index contributed by atoms with van der Waals surface area (Å²) in [5.74, 6) is 1.94. The van der Waals surface area contributed by atoms with E-state index in [0.717, 1.165) is 24.7 Å². The quantitative estimate of drug-likeness (QED) is 0.909. The number of hydrogen-bond acceptors (Lipinski definition) is 6. The highest BCUT2D eigenvalue weighted by atomic mass is 15.3. The summed E-state index contributed by atoms with van der Waals surface area (Å²) >= 11 is 0. The van der Waals surface area contributed by atoms with Crippen molar-refractivity contribution in [3.05, 3.63) is 12.3 Å². The molecule has 0 aliphatic carbocycles. The molecular weight excluding hydrogens is 254 g/mol. The zero-order valence-corrected chi connectivity index (χ0v) is 11.9. The first kappa shape index (κ1) is 12.8. The maximum absolute atomic E-state index is 4.58. The summed E-state index contributed by atoms with van der Waals surface area (Å²) in [5.41, 5.74) is 0.768. The van der Waals surface area contributed by atoms with E-state index in [1.54, 1.807) is 4.68 Å². The van der Waals surface area contributed by atoms with E-state index < -0.39 is 0 Å². The van der Waals surface area contributed by atoms with Crippen molar-refractivity contribution in [2.24, 2.45) is 7.05 Å². The summed E-state index contributed by atoms with van der Waals surface area (Å²) in [6.45, 7) is 2.02. The summed E-state index contributed by atoms with van der Waals surface area (Å²) in [4.78, 5) is 15.7. The number of aromatic nitrogens is 5. The third kappa shape index (κ3) is 2.56. The van der Waals surface area contributed by atoms with Crippen LogP contribution in [0.15, 0.2) is 12.3 Å². The van der Waals surface area contributed by atoms with Gasteiger partial charge in [-0.05, 0) is 25.3 Å². The minimum absolute atomic E-state index is 0.584. The van der Waals surface area contributed by atoms with E-state index in [2.05, 4.69) is 30.3 Å². The third-order valence-electron chi connectivity index (χ3n) is 3.43. The lowest BCUT2D eigenvalue weighted by Gasteiger charge is -2.26. The summed E-state index contributed by atoms with van der Waals surface area (Å²) in [5, 5.41) is 7.36. The number of rotatable bonds is 3. The molecule has 0 bridgehead atoms. The zero-order chi connectivity index (χ0) is 13.9. The Morgan fingerprint density at radius 2 is 1.90 bits per heavy atom. The monoisotopic (exact) mass is 273 g/mol. The Bertz CT molecular complexity index is 586. The Kier molecular flexibility index (Phi) is 3.49. The minimum Gasteiger partial charge on any atom is -0.357 e. The Balaban J connectivity index is 1.97. The van der Waals surface area contributed by atoms with E-state index in [0.29, 0.717) is 11.8 Å². The number of aryl methyl sites for hydroxylation is 1. The Hall–Kier alpha value is -2.18. The van der Waals surface area contributed by atoms with Crippen molar-refractivity contribution in [3.63, 3.8) is 0 Å². The molecule has 7 heteroatoms. The van der Waals surface area contributed by atoms with Gasteiger partial charge in [0.05, 0.1) is 0 Å². The highest BCUT2D eigenvalue weighted by Gasteiger charge is 2.17. The van der Waals surface area contributed by atoms with Crippen molar-refractivity contribution < 1.29 is 0 Å². The molecule has 106 valence electrons. The molecule has 1 saturated heterocycles. The Morgan fingerprint density at radius 1 is 1.10 bits per heavy atom. The molecule has 0 spiro atoms. The fourth-order valence-electron chi connectivity index (χ4n) is 2.36. The summed E-state index contributed by atoms with van der Waals surface area (Å²) < 4.78 is 1.75. The highest BCUT2D eigenvalue weighted by Crippen LogP contribution is 2.20. The largest absolute Gasteiger partial charge is 0.357 e. The molecule has 3 rings (SSSR count). The first-order valence-electron chi connectivity index (χ1n) is 6.95. The van der Waals surface area contributed by atoms with E-state index in [4.69, 9.17) is 0 Å². The Labute approximate surface area is 118 Å². The van der Waals surface area contributed by atoms with Crippen LogP contribution < -0.4 is 10.2 Å². The molecule has 3 heterocycles. The van der Waals surface area contributed by atoms with Gasteiger partial charge in [0.15, 0.2) is 5.82 Å². The lowest BCUT2D eigenvalue weighted by atomic mass is 10.1. The topological polar surface area (TPSA) is 71.8 Å². The number of nitrogens with zero attached hydrogens (tertiary/aromatic N) is 6. The van der Waals surface area contributed by atoms with Gasteiger partial charge in [-0.2, -0.15) is 20.1 Å². The maximum Gasteiger partial charge on any atom is 0.230 e. The molecule has 0 aromatic carbocycles. The van der Waals surface area contributed by atoms with Crippen molar-refractivity contribution >= 4 is 11.9 Å². The van der Waals surface area contributed by atoms with Crippen LogP contribution in [0.5, 0.6) is 0 Å². The van der Waals surface area contributed by atoms with Gasteiger partial charge in [-0.15, -0.1) is 0 Å². The van der Waals surface area contributed by atoms with Crippen LogP contribution in [0.3, 0.4) is 0 Å². The minimum atomic E-state index is 0.584. The first-order chi connectivity index (χ1) is 9.76. The predicted octanol–water partition coefficient (Wildman–Crippen LogP) is 1.30. The van der Waals surface area contributed by atoms with Gasteiger partial charge in [0.25, 0.3) is 0 Å². The van der Waals surface area contributed by atoms with Crippen molar-refractivity contribution in [2.45, 2.75) is 19.3 Å². The number of nitrogens with one attached hydrogen (secondary N) is 1. The predicted molar refractivity (Wildman–Crippen MR) is 77.6 cm³/mol. The van der Waals surface area contributed by atoms with Crippen LogP contribution >= 0.6 is 0 Å². The first-order valence-corrected chi connectivity index (χ1v) is 6.95. The smallest absolute Gasteiger partial charge is 0.230 e. The summed E-state index contributed by atoms with van der Waals surface area (Å²) in [6, 6.07) is 1.91. The highest BCUT2D eigenvalue weighted by molar-refractivity contribution is 5.53. The lowest BCUT2D eigenvalue weighted by Crippen LogP contribution is -2.31. The van der Waals surface area contributed by atoms with E-state index in [1.165, 1.54) is 19.3 Å². The van der Waals surface area contributed by atoms with Gasteiger partial charge in [0.2, 0.25) is 11.9 Å². The number of piperidine rings is 1. The van der Waals surface area contributed by atoms with Gasteiger partial charge in [-0.25, -0.2) is 0 Å². The maximum atomic E-state index is 4.58. The SMILES string of the molecule is CNc1nc(-c2ccn(C)n2)nc(N2CCCCC2)n1. The van der Waals surface area contributed by atoms with Crippen molar-refractivity contribution in [2.75, 3.05) is 30.4 Å². The van der Waals surface area contributed by atoms with Crippen LogP contribution in [0.1, 0.15) is 19.3 Å². The molecule has 0 saturated carbocycles. The second kappa shape index (κ2) is 5.44. The van der Waals surface area contributed by atoms with Crippen LogP contribution in [0.25, 0.3) is 11.5 Å². The van der Waals surface area contributed by atoms with Crippen molar-refractivity contribution in [1.29, 1.82) is 0 Å². The zero-order valence-electron chi connectivity index (χ0n) is 11.9. The van der Waals surface area contributed by atoms with Crippen molar-refractivity contribution in [1.82, 2.24) is 24.7 Å². The molecule has 0 radical (unpaired) electrons. The van der Waals surface area contributed by atoms with E-state index in [-0.39, 0.29) is 0 Å². The van der Waals surface area contributed by atoms with Crippen LogP contribution in [-0.2, 0) is 7.05 Å². The van der Waals surface area contributed by atoms with Crippen LogP contribution in [0.4, 0.5) is 11.9 Å². The molecule has 2 aromatic heterocycles. The third-order valence-corrected chi connectivity index (χ3v) is 3.43. The average molecular weight is 273 g/mol. The molecule has 0 unspecified atom stereocenters. The van der Waals surface area contributed by atoms with Gasteiger partial charge in [-0.1, -0.05) is 0 Å². The van der Waals surface area contributed by atoms with E-state index >= 15 is 0 Å². The second-order valence-electron chi connectivity index (χ2n) is 4.95. The summed E-state index contributed by atoms with van der Waals surface area (Å²) in [7, 11) is 3.70. The lowest BCUT2D eigenvalue weighted by molar-refractivity contribution is 0.568. The van der Waals surface area contributed by atoms with Crippen LogP contribution in [-0.4, -0.2) is 44.9 Å². The van der Waals surface area contributed by atoms with Gasteiger partial charge in [-0.3, -0.25) is 4.68 Å². The Morgan fingerprint density at radius 3 is 2.55 bits per heavy atom. The molecule has 20 heavy (non-hydrogen) atoms. The fraction of sp³-hybridized carbons (Fsp3) is 0.538. The van der Waals surface area contributed by atoms with Gasteiger partial charge in [0, 0.05) is 33.4 Å². The second-order valence-corrected chi connectivity index (χ2v) is 4.95. The number of hydrogen-bond donors (Lipinski definition) is 1. The average Bonchev–Trinajstić information content (AvgIpc) is 2.94. The van der Waals surface area contributed by atoms with Gasteiger partial charge in [0.1, 0.15) is 5.69 Å². The normalized spacial score (nSPS) is 15.4. The molecule has 7 nitrogen and oxygen atoms in total. The molecule has 0 amide bonds.